The lowest BCUT2D eigenvalue weighted by Gasteiger charge is -1.90. The van der Waals surface area contributed by atoms with E-state index in [1.165, 1.54) is 18.6 Å². The number of carbonyl (C=O) groups excluding carboxylic acids is 1. The summed E-state index contributed by atoms with van der Waals surface area (Å²) in [4.78, 5) is 10.3. The molecule has 0 spiro atoms. The molecule has 58 valence electrons. The molecule has 0 atom stereocenters. The molecule has 1 amide bonds. The fourth-order valence-electron chi connectivity index (χ4n) is 0.628. The Morgan fingerprint density at radius 3 is 2.91 bits per heavy atom. The van der Waals surface area contributed by atoms with Crippen LogP contribution in [0.2, 0.25) is 0 Å². The zero-order chi connectivity index (χ0) is 8.27. The van der Waals surface area contributed by atoms with E-state index in [1.807, 2.05) is 0 Å². The van der Waals surface area contributed by atoms with Crippen LogP contribution in [0.5, 0.6) is 0 Å². The molecule has 0 aliphatic rings. The summed E-state index contributed by atoms with van der Waals surface area (Å²) in [6.45, 7) is 0. The molecule has 0 saturated heterocycles. The van der Waals surface area contributed by atoms with Gasteiger partial charge in [0.05, 0.1) is 11.8 Å². The van der Waals surface area contributed by atoms with E-state index in [-0.39, 0.29) is 5.76 Å². The van der Waals surface area contributed by atoms with E-state index in [9.17, 15) is 4.79 Å². The van der Waals surface area contributed by atoms with Crippen molar-refractivity contribution in [3.63, 3.8) is 0 Å². The van der Waals surface area contributed by atoms with E-state index >= 15 is 0 Å². The zero-order valence-electron chi connectivity index (χ0n) is 5.65. The van der Waals surface area contributed by atoms with Crippen LogP contribution >= 0.6 is 0 Å². The van der Waals surface area contributed by atoms with Gasteiger partial charge < -0.3 is 15.3 Å². The van der Waals surface area contributed by atoms with Crippen LogP contribution in [0.15, 0.2) is 29.1 Å². The number of primary amides is 1. The number of rotatable bonds is 2. The summed E-state index contributed by atoms with van der Waals surface area (Å²) < 4.78 is 4.66. The molecule has 1 rings (SSSR count). The first kappa shape index (κ1) is 7.40. The van der Waals surface area contributed by atoms with Crippen LogP contribution in [-0.2, 0) is 4.79 Å². The van der Waals surface area contributed by atoms with Gasteiger partial charge in [0.15, 0.2) is 0 Å². The Bertz CT molecular complexity index is 274. The number of aliphatic hydroxyl groups excluding tert-OH is 1. The molecule has 0 aliphatic carbocycles. The van der Waals surface area contributed by atoms with Crippen LogP contribution in [0.25, 0.3) is 5.76 Å². The first-order valence-electron chi connectivity index (χ1n) is 2.93. The first-order valence-corrected chi connectivity index (χ1v) is 2.93. The molecule has 4 nitrogen and oxygen atoms in total. The Balaban J connectivity index is 2.86. The standard InChI is InChI=1S/C7H7NO3/c8-7(10)3-6(9)5-1-2-11-4-5/h1-4,9H,(H2,8,10)/b6-3-. The van der Waals surface area contributed by atoms with E-state index in [0.717, 1.165) is 6.08 Å². The predicted molar refractivity (Wildman–Crippen MR) is 38.5 cm³/mol. The summed E-state index contributed by atoms with van der Waals surface area (Å²) >= 11 is 0. The van der Waals surface area contributed by atoms with Gasteiger partial charge in [-0.15, -0.1) is 0 Å². The molecule has 0 radical (unpaired) electrons. The van der Waals surface area contributed by atoms with Gasteiger partial charge in [0, 0.05) is 6.08 Å². The van der Waals surface area contributed by atoms with E-state index in [4.69, 9.17) is 10.8 Å². The van der Waals surface area contributed by atoms with Gasteiger partial charge in [0.25, 0.3) is 0 Å². The highest BCUT2D eigenvalue weighted by atomic mass is 16.3. The van der Waals surface area contributed by atoms with Gasteiger partial charge in [-0.3, -0.25) is 4.79 Å². The van der Waals surface area contributed by atoms with Crippen LogP contribution in [0.4, 0.5) is 0 Å². The van der Waals surface area contributed by atoms with Crippen LogP contribution < -0.4 is 5.73 Å². The minimum Gasteiger partial charge on any atom is -0.507 e. The number of hydrogen-bond donors (Lipinski definition) is 2. The molecular formula is C7H7NO3. The minimum absolute atomic E-state index is 0.189. The average molecular weight is 153 g/mol. The summed E-state index contributed by atoms with van der Waals surface area (Å²) in [7, 11) is 0. The van der Waals surface area contributed by atoms with Crippen molar-refractivity contribution in [1.82, 2.24) is 0 Å². The minimum atomic E-state index is -0.691. The van der Waals surface area contributed by atoms with Gasteiger partial charge in [-0.2, -0.15) is 0 Å². The van der Waals surface area contributed by atoms with Crippen molar-refractivity contribution >= 4 is 11.7 Å². The molecule has 0 aliphatic heterocycles. The Kier molecular flexibility index (Phi) is 1.96. The maximum Gasteiger partial charge on any atom is 0.245 e. The Morgan fingerprint density at radius 1 is 1.73 bits per heavy atom. The fraction of sp³-hybridized carbons (Fsp3) is 0. The fourth-order valence-corrected chi connectivity index (χ4v) is 0.628. The highest BCUT2D eigenvalue weighted by Gasteiger charge is 2.00. The summed E-state index contributed by atoms with van der Waals surface area (Å²) in [6.07, 6.45) is 3.63. The van der Waals surface area contributed by atoms with Crippen molar-refractivity contribution in [2.45, 2.75) is 0 Å². The average Bonchev–Trinajstić information content (AvgIpc) is 2.35. The smallest absolute Gasteiger partial charge is 0.245 e. The van der Waals surface area contributed by atoms with E-state index < -0.39 is 5.91 Å². The summed E-state index contributed by atoms with van der Waals surface area (Å²) in [5.41, 5.74) is 5.23. The number of furan rings is 1. The van der Waals surface area contributed by atoms with Gasteiger partial charge in [-0.1, -0.05) is 0 Å². The molecule has 3 N–H and O–H groups in total. The third-order valence-electron chi connectivity index (χ3n) is 1.10. The molecular weight excluding hydrogens is 146 g/mol. The van der Waals surface area contributed by atoms with E-state index in [1.54, 1.807) is 0 Å². The molecule has 1 heterocycles. The maximum absolute atomic E-state index is 10.3. The Morgan fingerprint density at radius 2 is 2.45 bits per heavy atom. The molecule has 1 aromatic rings. The Hall–Kier alpha value is -1.71. The number of hydrogen-bond acceptors (Lipinski definition) is 3. The maximum atomic E-state index is 10.3. The summed E-state index contributed by atoms with van der Waals surface area (Å²) in [5.74, 6) is -0.880. The molecule has 11 heavy (non-hydrogen) atoms. The van der Waals surface area contributed by atoms with E-state index in [0.29, 0.717) is 5.56 Å². The molecule has 0 aromatic carbocycles. The van der Waals surface area contributed by atoms with Crippen LogP contribution in [-0.4, -0.2) is 11.0 Å². The molecule has 4 heteroatoms. The third-order valence-corrected chi connectivity index (χ3v) is 1.10. The van der Waals surface area contributed by atoms with Crippen molar-refractivity contribution in [3.8, 4) is 0 Å². The molecule has 0 unspecified atom stereocenters. The van der Waals surface area contributed by atoms with Gasteiger partial charge in [-0.25, -0.2) is 0 Å². The van der Waals surface area contributed by atoms with Gasteiger partial charge in [0.2, 0.25) is 5.91 Å². The number of carbonyl (C=O) groups is 1. The molecule has 0 saturated carbocycles. The monoisotopic (exact) mass is 153 g/mol. The van der Waals surface area contributed by atoms with Crippen molar-refractivity contribution in [1.29, 1.82) is 0 Å². The second kappa shape index (κ2) is 2.92. The van der Waals surface area contributed by atoms with Gasteiger partial charge in [-0.05, 0) is 6.07 Å². The number of amides is 1. The topological polar surface area (TPSA) is 76.5 Å². The lowest BCUT2D eigenvalue weighted by Crippen LogP contribution is -2.06. The lowest BCUT2D eigenvalue weighted by atomic mass is 10.2. The normalized spacial score (nSPS) is 11.5. The first-order chi connectivity index (χ1) is 5.20. The number of nitrogens with two attached hydrogens (primary N) is 1. The van der Waals surface area contributed by atoms with Crippen molar-refractivity contribution in [3.05, 3.63) is 30.2 Å². The van der Waals surface area contributed by atoms with Crippen LogP contribution in [0, 0.1) is 0 Å². The summed E-state index contributed by atoms with van der Waals surface area (Å²) in [5, 5.41) is 9.08. The van der Waals surface area contributed by atoms with Crippen LogP contribution in [0.1, 0.15) is 5.56 Å². The quantitative estimate of drug-likeness (QED) is 0.484. The SMILES string of the molecule is NC(=O)/C=C(\O)c1ccoc1. The summed E-state index contributed by atoms with van der Waals surface area (Å²) in [6, 6.07) is 1.52. The van der Waals surface area contributed by atoms with Crippen molar-refractivity contribution < 1.29 is 14.3 Å². The van der Waals surface area contributed by atoms with Crippen LogP contribution in [0.3, 0.4) is 0 Å². The predicted octanol–water partition coefficient (Wildman–Crippen LogP) is 0.664. The Labute approximate surface area is 62.9 Å². The highest BCUT2D eigenvalue weighted by Crippen LogP contribution is 2.10. The molecule has 1 aromatic heterocycles. The lowest BCUT2D eigenvalue weighted by molar-refractivity contribution is -0.113. The zero-order valence-corrected chi connectivity index (χ0v) is 5.65. The number of aliphatic hydroxyl groups is 1. The second-order valence-corrected chi connectivity index (χ2v) is 1.94. The highest BCUT2D eigenvalue weighted by molar-refractivity contribution is 5.92. The van der Waals surface area contributed by atoms with Gasteiger partial charge >= 0.3 is 0 Å². The van der Waals surface area contributed by atoms with E-state index in [2.05, 4.69) is 4.42 Å². The van der Waals surface area contributed by atoms with Crippen molar-refractivity contribution in [2.75, 3.05) is 0 Å². The third kappa shape index (κ3) is 1.86. The largest absolute Gasteiger partial charge is 0.507 e. The van der Waals surface area contributed by atoms with Crippen molar-refractivity contribution in [2.24, 2.45) is 5.73 Å². The molecule has 0 bridgehead atoms. The van der Waals surface area contributed by atoms with Gasteiger partial charge in [0.1, 0.15) is 12.0 Å². The second-order valence-electron chi connectivity index (χ2n) is 1.94. The molecule has 0 fully saturated rings.